The van der Waals surface area contributed by atoms with E-state index in [4.69, 9.17) is 5.73 Å². The van der Waals surface area contributed by atoms with Gasteiger partial charge in [0.1, 0.15) is 11.5 Å². The topological polar surface area (TPSA) is 76.5 Å². The van der Waals surface area contributed by atoms with Crippen LogP contribution in [-0.2, 0) is 25.8 Å². The summed E-state index contributed by atoms with van der Waals surface area (Å²) in [4.78, 5) is 32.1. The number of nitrogens with two attached hydrogens (primary N) is 1. The summed E-state index contributed by atoms with van der Waals surface area (Å²) < 4.78 is 58.9. The van der Waals surface area contributed by atoms with Crippen LogP contribution in [0.2, 0.25) is 0 Å². The molecule has 1 aromatic heterocycles. The third kappa shape index (κ3) is 6.59. The van der Waals surface area contributed by atoms with E-state index in [1.54, 1.807) is 24.3 Å². The first-order valence-corrected chi connectivity index (χ1v) is 15.5. The van der Waals surface area contributed by atoms with Crippen LogP contribution < -0.4 is 21.9 Å². The van der Waals surface area contributed by atoms with E-state index in [-0.39, 0.29) is 17.9 Å². The molecule has 0 amide bonds. The normalized spacial score (nSPS) is 14.9. The number of piperazine rings is 1. The van der Waals surface area contributed by atoms with Crippen molar-refractivity contribution in [2.45, 2.75) is 38.8 Å². The van der Waals surface area contributed by atoms with Gasteiger partial charge in [-0.05, 0) is 41.0 Å². The van der Waals surface area contributed by atoms with Crippen molar-refractivity contribution in [3.63, 3.8) is 0 Å². The lowest BCUT2D eigenvalue weighted by Crippen LogP contribution is -2.51. The third-order valence-electron chi connectivity index (χ3n) is 8.97. The van der Waals surface area contributed by atoms with Crippen LogP contribution >= 0.6 is 0 Å². The number of hydrogen-bond acceptors (Lipinski definition) is 5. The molecule has 1 aliphatic rings. The summed E-state index contributed by atoms with van der Waals surface area (Å²) >= 11 is 0. The SMILES string of the molecule is Cc1c(N2CCN(Cc3cccc4ccccc34)CC2)c(=O)n(C[C@@H](N)c2ccccc2)c(=O)n1Cc1c(F)cccc1C(F)(F)F. The maximum Gasteiger partial charge on any atom is 0.416 e. The fourth-order valence-electron chi connectivity index (χ4n) is 6.44. The van der Waals surface area contributed by atoms with Gasteiger partial charge in [0.25, 0.3) is 5.56 Å². The molecule has 0 saturated carbocycles. The van der Waals surface area contributed by atoms with Crippen molar-refractivity contribution in [2.24, 2.45) is 5.73 Å². The zero-order valence-corrected chi connectivity index (χ0v) is 25.9. The first-order valence-electron chi connectivity index (χ1n) is 15.5. The highest BCUT2D eigenvalue weighted by atomic mass is 19.4. The molecule has 1 saturated heterocycles. The summed E-state index contributed by atoms with van der Waals surface area (Å²) in [5, 5.41) is 2.32. The van der Waals surface area contributed by atoms with E-state index in [0.29, 0.717) is 38.3 Å². The van der Waals surface area contributed by atoms with Gasteiger partial charge in [-0.15, -0.1) is 0 Å². The Hall–Kier alpha value is -4.74. The molecular formula is C36H35F4N5O2. The minimum atomic E-state index is -4.84. The second kappa shape index (κ2) is 13.2. The zero-order valence-electron chi connectivity index (χ0n) is 25.9. The second-order valence-corrected chi connectivity index (χ2v) is 11.9. The number of nitrogens with zero attached hydrogens (tertiary/aromatic N) is 4. The molecule has 2 heterocycles. The zero-order chi connectivity index (χ0) is 33.3. The Morgan fingerprint density at radius 3 is 2.17 bits per heavy atom. The number of alkyl halides is 3. The Kier molecular flexibility index (Phi) is 9.03. The van der Waals surface area contributed by atoms with E-state index < -0.39 is 47.0 Å². The third-order valence-corrected chi connectivity index (χ3v) is 8.97. The second-order valence-electron chi connectivity index (χ2n) is 11.9. The van der Waals surface area contributed by atoms with E-state index in [1.807, 2.05) is 29.2 Å². The van der Waals surface area contributed by atoms with E-state index in [0.717, 1.165) is 32.7 Å². The monoisotopic (exact) mass is 645 g/mol. The molecule has 11 heteroatoms. The first kappa shape index (κ1) is 32.2. The van der Waals surface area contributed by atoms with E-state index in [9.17, 15) is 27.2 Å². The summed E-state index contributed by atoms with van der Waals surface area (Å²) in [6.07, 6.45) is -4.84. The molecule has 47 heavy (non-hydrogen) atoms. The van der Waals surface area contributed by atoms with Crippen LogP contribution in [0.3, 0.4) is 0 Å². The Morgan fingerprint density at radius 2 is 1.45 bits per heavy atom. The number of rotatable bonds is 8. The Morgan fingerprint density at radius 1 is 0.787 bits per heavy atom. The fourth-order valence-corrected chi connectivity index (χ4v) is 6.44. The molecular weight excluding hydrogens is 610 g/mol. The number of fused-ring (bicyclic) bond motifs is 1. The van der Waals surface area contributed by atoms with Crippen molar-refractivity contribution < 1.29 is 17.6 Å². The van der Waals surface area contributed by atoms with E-state index in [1.165, 1.54) is 17.9 Å². The van der Waals surface area contributed by atoms with E-state index >= 15 is 0 Å². The van der Waals surface area contributed by atoms with Crippen LogP contribution in [0, 0.1) is 12.7 Å². The Bertz CT molecular complexity index is 2010. The van der Waals surface area contributed by atoms with Crippen LogP contribution in [0.1, 0.15) is 34.0 Å². The summed E-state index contributed by atoms with van der Waals surface area (Å²) in [5.41, 5.74) is 5.38. The van der Waals surface area contributed by atoms with Gasteiger partial charge in [-0.25, -0.2) is 9.18 Å². The van der Waals surface area contributed by atoms with Crippen LogP contribution in [0.4, 0.5) is 23.2 Å². The van der Waals surface area contributed by atoms with Gasteiger partial charge in [0.15, 0.2) is 0 Å². The Balaban J connectivity index is 1.36. The predicted molar refractivity (Wildman–Crippen MR) is 175 cm³/mol. The van der Waals surface area contributed by atoms with Crippen LogP contribution in [0.5, 0.6) is 0 Å². The molecule has 0 bridgehead atoms. The lowest BCUT2D eigenvalue weighted by molar-refractivity contribution is -0.138. The van der Waals surface area contributed by atoms with Crippen LogP contribution in [0.15, 0.2) is 101 Å². The molecule has 1 atom stereocenters. The predicted octanol–water partition coefficient (Wildman–Crippen LogP) is 5.70. The highest BCUT2D eigenvalue weighted by Gasteiger charge is 2.35. The van der Waals surface area contributed by atoms with Gasteiger partial charge in [0, 0.05) is 50.0 Å². The summed E-state index contributed by atoms with van der Waals surface area (Å²) in [5.74, 6) is -1.09. The summed E-state index contributed by atoms with van der Waals surface area (Å²) in [6, 6.07) is 25.3. The van der Waals surface area contributed by atoms with Crippen molar-refractivity contribution >= 4 is 16.5 Å². The fraction of sp³-hybridized carbons (Fsp3) is 0.278. The molecule has 4 aromatic carbocycles. The molecule has 1 aliphatic heterocycles. The van der Waals surface area contributed by atoms with Crippen molar-refractivity contribution in [3.8, 4) is 0 Å². The molecule has 2 N–H and O–H groups in total. The standard InChI is InChI=1S/C36H35F4N5O2/c1-24-33(43-19-17-42(18-20-43)21-27-13-7-12-25-9-5-6-14-28(25)27)34(46)45(23-32(41)26-10-3-2-4-11-26)35(47)44(24)22-29-30(36(38,39)40)15-8-16-31(29)37/h2-16,32H,17-23,41H2,1H3/t32-/m1/s1. The highest BCUT2D eigenvalue weighted by molar-refractivity contribution is 5.85. The molecule has 244 valence electrons. The molecule has 6 rings (SSSR count). The molecule has 0 aliphatic carbocycles. The largest absolute Gasteiger partial charge is 0.416 e. The maximum absolute atomic E-state index is 15.0. The maximum atomic E-state index is 15.0. The minimum Gasteiger partial charge on any atom is -0.363 e. The Labute approximate surface area is 269 Å². The number of aromatic nitrogens is 2. The van der Waals surface area contributed by atoms with Gasteiger partial charge < -0.3 is 10.6 Å². The van der Waals surface area contributed by atoms with Gasteiger partial charge in [0.2, 0.25) is 0 Å². The van der Waals surface area contributed by atoms with Gasteiger partial charge in [-0.1, -0.05) is 78.9 Å². The van der Waals surface area contributed by atoms with Crippen LogP contribution in [-0.4, -0.2) is 40.2 Å². The molecule has 7 nitrogen and oxygen atoms in total. The van der Waals surface area contributed by atoms with Crippen molar-refractivity contribution in [1.82, 2.24) is 14.0 Å². The van der Waals surface area contributed by atoms with E-state index in [2.05, 4.69) is 29.2 Å². The average Bonchev–Trinajstić information content (AvgIpc) is 3.06. The smallest absolute Gasteiger partial charge is 0.363 e. The van der Waals surface area contributed by atoms with Crippen molar-refractivity contribution in [3.05, 3.63) is 146 Å². The first-order chi connectivity index (χ1) is 22.5. The molecule has 1 fully saturated rings. The lowest BCUT2D eigenvalue weighted by atomic mass is 10.0. The molecule has 5 aromatic rings. The number of hydrogen-bond donors (Lipinski definition) is 1. The highest BCUT2D eigenvalue weighted by Crippen LogP contribution is 2.34. The van der Waals surface area contributed by atoms with Gasteiger partial charge in [0.05, 0.1) is 18.7 Å². The number of benzene rings is 4. The molecule has 0 unspecified atom stereocenters. The number of anilines is 1. The van der Waals surface area contributed by atoms with Gasteiger partial charge in [-0.3, -0.25) is 18.8 Å². The van der Waals surface area contributed by atoms with Gasteiger partial charge in [-0.2, -0.15) is 13.2 Å². The van der Waals surface area contributed by atoms with Crippen molar-refractivity contribution in [1.29, 1.82) is 0 Å². The summed E-state index contributed by atoms with van der Waals surface area (Å²) in [6.45, 7) is 3.41. The van der Waals surface area contributed by atoms with Crippen molar-refractivity contribution in [2.75, 3.05) is 31.1 Å². The lowest BCUT2D eigenvalue weighted by Gasteiger charge is -2.37. The number of halogens is 4. The quantitative estimate of drug-likeness (QED) is 0.219. The average molecular weight is 646 g/mol. The van der Waals surface area contributed by atoms with Gasteiger partial charge >= 0.3 is 11.9 Å². The summed E-state index contributed by atoms with van der Waals surface area (Å²) in [7, 11) is 0. The molecule has 0 radical (unpaired) electrons. The van der Waals surface area contributed by atoms with Crippen LogP contribution in [0.25, 0.3) is 10.8 Å². The minimum absolute atomic E-state index is 0.170. The molecule has 0 spiro atoms.